The first-order valence-electron chi connectivity index (χ1n) is 8.58. The highest BCUT2D eigenvalue weighted by Gasteiger charge is 2.16. The molecular weight excluding hydrogens is 374 g/mol. The highest BCUT2D eigenvalue weighted by Crippen LogP contribution is 2.27. The summed E-state index contributed by atoms with van der Waals surface area (Å²) in [4.78, 5) is 8.46. The van der Waals surface area contributed by atoms with E-state index in [1.807, 2.05) is 37.3 Å². The second kappa shape index (κ2) is 7.28. The van der Waals surface area contributed by atoms with Gasteiger partial charge in [-0.2, -0.15) is 0 Å². The summed E-state index contributed by atoms with van der Waals surface area (Å²) in [6.45, 7) is 1.87. The number of hydrogen-bond donors (Lipinski definition) is 1. The van der Waals surface area contributed by atoms with Crippen LogP contribution in [0, 0.1) is 6.92 Å². The quantitative estimate of drug-likeness (QED) is 0.541. The van der Waals surface area contributed by atoms with Crippen LogP contribution in [-0.4, -0.2) is 18.4 Å². The van der Waals surface area contributed by atoms with Crippen LogP contribution in [0.5, 0.6) is 0 Å². The van der Waals surface area contributed by atoms with Crippen LogP contribution in [0.4, 0.5) is 5.82 Å². The van der Waals surface area contributed by atoms with Gasteiger partial charge in [0.2, 0.25) is 5.89 Å². The van der Waals surface area contributed by atoms with Gasteiger partial charge in [0.05, 0.1) is 11.1 Å². The number of aromatic nitrogens is 2. The molecule has 0 spiro atoms. The second-order valence-electron chi connectivity index (χ2n) is 6.24. The Morgan fingerprint density at radius 2 is 1.64 bits per heavy atom. The van der Waals surface area contributed by atoms with Crippen LogP contribution in [0.1, 0.15) is 5.56 Å². The molecule has 7 heteroatoms. The third-order valence-electron chi connectivity index (χ3n) is 4.13. The fourth-order valence-electron chi connectivity index (χ4n) is 2.71. The van der Waals surface area contributed by atoms with Gasteiger partial charge in [0.15, 0.2) is 5.76 Å². The third kappa shape index (κ3) is 3.79. The Hall–Kier alpha value is -3.45. The van der Waals surface area contributed by atoms with E-state index in [9.17, 15) is 8.42 Å². The summed E-state index contributed by atoms with van der Waals surface area (Å²) in [5.41, 5.74) is 2.53. The first-order valence-corrected chi connectivity index (χ1v) is 10.1. The lowest BCUT2D eigenvalue weighted by Gasteiger charge is -2.08. The first-order chi connectivity index (χ1) is 13.5. The van der Waals surface area contributed by atoms with Crippen LogP contribution in [0.15, 0.2) is 88.4 Å². The molecule has 1 N–H and O–H groups in total. The average molecular weight is 391 g/mol. The molecule has 0 atom stereocenters. The molecule has 2 aromatic heterocycles. The SMILES string of the molecule is Cc1ccnc(NS(=O)(=O)c2ccc(-c3ncc(-c4ccccc4)o3)cc2)c1. The molecule has 140 valence electrons. The minimum absolute atomic E-state index is 0.134. The molecule has 6 nitrogen and oxygen atoms in total. The molecule has 0 unspecified atom stereocenters. The zero-order valence-corrected chi connectivity index (χ0v) is 15.8. The smallest absolute Gasteiger partial charge is 0.263 e. The number of hydrogen-bond acceptors (Lipinski definition) is 5. The van der Waals surface area contributed by atoms with Crippen molar-refractivity contribution in [3.63, 3.8) is 0 Å². The number of oxazole rings is 1. The summed E-state index contributed by atoms with van der Waals surface area (Å²) in [6, 6.07) is 19.5. The van der Waals surface area contributed by atoms with E-state index in [1.54, 1.807) is 36.7 Å². The van der Waals surface area contributed by atoms with Gasteiger partial charge in [-0.15, -0.1) is 0 Å². The summed E-state index contributed by atoms with van der Waals surface area (Å²) in [5, 5.41) is 0. The van der Waals surface area contributed by atoms with Crippen molar-refractivity contribution in [3.8, 4) is 22.8 Å². The zero-order valence-electron chi connectivity index (χ0n) is 15.0. The molecule has 2 heterocycles. The van der Waals surface area contributed by atoms with Crippen LogP contribution in [-0.2, 0) is 10.0 Å². The maximum atomic E-state index is 12.6. The number of aryl methyl sites for hydroxylation is 1. The number of sulfonamides is 1. The lowest BCUT2D eigenvalue weighted by molar-refractivity contribution is 0.588. The molecule has 0 aliphatic rings. The Balaban J connectivity index is 1.56. The molecule has 0 radical (unpaired) electrons. The maximum absolute atomic E-state index is 12.6. The summed E-state index contributed by atoms with van der Waals surface area (Å²) >= 11 is 0. The van der Waals surface area contributed by atoms with Gasteiger partial charge in [0, 0.05) is 17.3 Å². The molecule has 0 fully saturated rings. The monoisotopic (exact) mass is 391 g/mol. The van der Waals surface area contributed by atoms with Crippen molar-refractivity contribution in [2.75, 3.05) is 4.72 Å². The molecular formula is C21H17N3O3S. The summed E-state index contributed by atoms with van der Waals surface area (Å²) in [7, 11) is -3.73. The van der Waals surface area contributed by atoms with E-state index in [1.165, 1.54) is 12.1 Å². The molecule has 28 heavy (non-hydrogen) atoms. The van der Waals surface area contributed by atoms with Crippen LogP contribution >= 0.6 is 0 Å². The van der Waals surface area contributed by atoms with Crippen molar-refractivity contribution in [2.45, 2.75) is 11.8 Å². The number of pyridine rings is 1. The van der Waals surface area contributed by atoms with Gasteiger partial charge in [0.25, 0.3) is 10.0 Å². The summed E-state index contributed by atoms with van der Waals surface area (Å²) in [6.07, 6.45) is 3.21. The Labute approximate surface area is 163 Å². The fraction of sp³-hybridized carbons (Fsp3) is 0.0476. The molecule has 0 aliphatic carbocycles. The molecule has 0 bridgehead atoms. The highest BCUT2D eigenvalue weighted by molar-refractivity contribution is 7.92. The molecule has 4 aromatic rings. The standard InChI is InChI=1S/C21H17N3O3S/c1-15-11-12-22-20(13-15)24-28(25,26)18-9-7-17(8-10-18)21-23-14-19(27-21)16-5-3-2-4-6-16/h2-14H,1H3,(H,22,24). The van der Waals surface area contributed by atoms with Crippen molar-refractivity contribution in [1.82, 2.24) is 9.97 Å². The van der Waals surface area contributed by atoms with Crippen molar-refractivity contribution in [3.05, 3.63) is 84.7 Å². The van der Waals surface area contributed by atoms with Gasteiger partial charge < -0.3 is 4.42 Å². The Morgan fingerprint density at radius 1 is 0.893 bits per heavy atom. The number of nitrogens with one attached hydrogen (secondary N) is 1. The Morgan fingerprint density at radius 3 is 2.36 bits per heavy atom. The topological polar surface area (TPSA) is 85.1 Å². The van der Waals surface area contributed by atoms with Crippen LogP contribution in [0.3, 0.4) is 0 Å². The number of anilines is 1. The van der Waals surface area contributed by atoms with E-state index in [2.05, 4.69) is 14.7 Å². The van der Waals surface area contributed by atoms with Gasteiger partial charge in [0.1, 0.15) is 5.82 Å². The lowest BCUT2D eigenvalue weighted by Crippen LogP contribution is -2.13. The van der Waals surface area contributed by atoms with E-state index >= 15 is 0 Å². The largest absolute Gasteiger partial charge is 0.436 e. The van der Waals surface area contributed by atoms with Gasteiger partial charge >= 0.3 is 0 Å². The van der Waals surface area contributed by atoms with E-state index in [0.717, 1.165) is 11.1 Å². The lowest BCUT2D eigenvalue weighted by atomic mass is 10.2. The van der Waals surface area contributed by atoms with Crippen molar-refractivity contribution < 1.29 is 12.8 Å². The maximum Gasteiger partial charge on any atom is 0.263 e. The highest BCUT2D eigenvalue weighted by atomic mass is 32.2. The predicted molar refractivity (Wildman–Crippen MR) is 107 cm³/mol. The summed E-state index contributed by atoms with van der Waals surface area (Å²) in [5.74, 6) is 1.36. The van der Waals surface area contributed by atoms with Crippen LogP contribution in [0.2, 0.25) is 0 Å². The van der Waals surface area contributed by atoms with Gasteiger partial charge in [-0.25, -0.2) is 18.4 Å². The molecule has 4 rings (SSSR count). The number of nitrogens with zero attached hydrogens (tertiary/aromatic N) is 2. The van der Waals surface area contributed by atoms with Crippen molar-refractivity contribution in [1.29, 1.82) is 0 Å². The predicted octanol–water partition coefficient (Wildman–Crippen LogP) is 4.51. The third-order valence-corrected chi connectivity index (χ3v) is 5.50. The molecule has 0 saturated heterocycles. The Bertz CT molecular complexity index is 1200. The fourth-order valence-corrected chi connectivity index (χ4v) is 3.71. The van der Waals surface area contributed by atoms with Crippen LogP contribution in [0.25, 0.3) is 22.8 Å². The molecule has 0 aliphatic heterocycles. The molecule has 0 amide bonds. The zero-order chi connectivity index (χ0) is 19.6. The van der Waals surface area contributed by atoms with Gasteiger partial charge in [-0.05, 0) is 48.9 Å². The Kier molecular flexibility index (Phi) is 4.67. The second-order valence-corrected chi connectivity index (χ2v) is 7.93. The van der Waals surface area contributed by atoms with E-state index in [4.69, 9.17) is 4.42 Å². The van der Waals surface area contributed by atoms with E-state index in [0.29, 0.717) is 17.2 Å². The normalized spacial score (nSPS) is 11.3. The van der Waals surface area contributed by atoms with Crippen molar-refractivity contribution >= 4 is 15.8 Å². The molecule has 2 aromatic carbocycles. The van der Waals surface area contributed by atoms with Gasteiger partial charge in [-0.3, -0.25) is 4.72 Å². The first kappa shape index (κ1) is 17.9. The van der Waals surface area contributed by atoms with E-state index in [-0.39, 0.29) is 10.7 Å². The molecule has 0 saturated carbocycles. The van der Waals surface area contributed by atoms with E-state index < -0.39 is 10.0 Å². The summed E-state index contributed by atoms with van der Waals surface area (Å²) < 4.78 is 33.4. The minimum Gasteiger partial charge on any atom is -0.436 e. The minimum atomic E-state index is -3.73. The number of benzene rings is 2. The van der Waals surface area contributed by atoms with Crippen molar-refractivity contribution in [2.24, 2.45) is 0 Å². The number of rotatable bonds is 5. The van der Waals surface area contributed by atoms with Gasteiger partial charge in [-0.1, -0.05) is 30.3 Å². The average Bonchev–Trinajstić information content (AvgIpc) is 3.19. The van der Waals surface area contributed by atoms with Crippen LogP contribution < -0.4 is 4.72 Å².